The summed E-state index contributed by atoms with van der Waals surface area (Å²) < 4.78 is 70.2. The normalized spacial score (nSPS) is 12.6. The van der Waals surface area contributed by atoms with E-state index in [2.05, 4.69) is 9.17 Å². The van der Waals surface area contributed by atoms with Crippen LogP contribution in [-0.2, 0) is 10.1 Å². The minimum Gasteiger partial charge on any atom is -0.456 e. The smallest absolute Gasteiger partial charge is 0.456 e. The Bertz CT molecular complexity index is 1230. The van der Waals surface area contributed by atoms with Crippen LogP contribution in [0.4, 0.5) is 13.2 Å². The fourth-order valence-electron chi connectivity index (χ4n) is 2.68. The third kappa shape index (κ3) is 3.10. The molecule has 0 bridgehead atoms. The summed E-state index contributed by atoms with van der Waals surface area (Å²) >= 11 is 0. The minimum atomic E-state index is -5.76. The average Bonchev–Trinajstić information content (AvgIpc) is 3.03. The molecule has 2 heterocycles. The van der Waals surface area contributed by atoms with Crippen LogP contribution in [0.5, 0.6) is 5.75 Å². The van der Waals surface area contributed by atoms with Gasteiger partial charge in [0.15, 0.2) is 0 Å². The predicted molar refractivity (Wildman–Crippen MR) is 92.6 cm³/mol. The molecule has 0 radical (unpaired) electrons. The molecule has 138 valence electrons. The lowest BCUT2D eigenvalue weighted by Crippen LogP contribution is -2.28. The lowest BCUT2D eigenvalue weighted by Gasteiger charge is -2.10. The van der Waals surface area contributed by atoms with E-state index in [0.717, 1.165) is 11.5 Å². The molecule has 4 aromatic rings. The Labute approximate surface area is 151 Å². The lowest BCUT2D eigenvalue weighted by atomic mass is 10.1. The molecule has 2 aromatic heterocycles. The SMILES string of the molecule is O=S(=O)(Oc1ccc2cncc(-c3cc4ccccc4o3)c2c1)C(F)(F)F. The van der Waals surface area contributed by atoms with Crippen molar-refractivity contribution in [3.63, 3.8) is 0 Å². The van der Waals surface area contributed by atoms with Crippen molar-refractivity contribution in [3.05, 3.63) is 60.9 Å². The Morgan fingerprint density at radius 2 is 1.74 bits per heavy atom. The number of fused-ring (bicyclic) bond motifs is 2. The minimum absolute atomic E-state index is 0.443. The number of hydrogen-bond acceptors (Lipinski definition) is 5. The standard InChI is InChI=1S/C18H10F3NO4S/c19-18(20,21)27(23,24)26-13-6-5-12-9-22-10-15(14(12)8-13)17-7-11-3-1-2-4-16(11)25-17/h1-10H. The molecule has 27 heavy (non-hydrogen) atoms. The fraction of sp³-hybridized carbons (Fsp3) is 0.0556. The molecule has 0 amide bonds. The van der Waals surface area contributed by atoms with Gasteiger partial charge in [0.2, 0.25) is 0 Å². The van der Waals surface area contributed by atoms with Crippen molar-refractivity contribution < 1.29 is 30.2 Å². The number of halogens is 3. The van der Waals surface area contributed by atoms with Gasteiger partial charge < -0.3 is 8.60 Å². The van der Waals surface area contributed by atoms with Gasteiger partial charge in [0, 0.05) is 28.7 Å². The number of benzene rings is 2. The average molecular weight is 393 g/mol. The number of hydrogen-bond donors (Lipinski definition) is 0. The molecular weight excluding hydrogens is 383 g/mol. The molecule has 0 saturated carbocycles. The van der Waals surface area contributed by atoms with E-state index in [0.29, 0.717) is 27.7 Å². The Morgan fingerprint density at radius 1 is 0.963 bits per heavy atom. The van der Waals surface area contributed by atoms with Crippen molar-refractivity contribution in [1.82, 2.24) is 4.98 Å². The first-order valence-corrected chi connectivity index (χ1v) is 9.03. The molecule has 0 atom stereocenters. The molecule has 0 unspecified atom stereocenters. The molecule has 0 N–H and O–H groups in total. The lowest BCUT2D eigenvalue weighted by molar-refractivity contribution is -0.0500. The summed E-state index contributed by atoms with van der Waals surface area (Å²) in [5, 5.41) is 1.88. The topological polar surface area (TPSA) is 69.4 Å². The summed E-state index contributed by atoms with van der Waals surface area (Å²) in [6, 6.07) is 12.8. The second-order valence-electron chi connectivity index (χ2n) is 5.70. The van der Waals surface area contributed by atoms with E-state index >= 15 is 0 Å². The maximum atomic E-state index is 12.6. The largest absolute Gasteiger partial charge is 0.534 e. The van der Waals surface area contributed by atoms with E-state index in [1.54, 1.807) is 12.1 Å². The van der Waals surface area contributed by atoms with E-state index in [1.165, 1.54) is 24.5 Å². The Morgan fingerprint density at radius 3 is 2.48 bits per heavy atom. The number of pyridine rings is 1. The van der Waals surface area contributed by atoms with Gasteiger partial charge in [0.05, 0.1) is 0 Å². The van der Waals surface area contributed by atoms with Crippen molar-refractivity contribution in [1.29, 1.82) is 0 Å². The number of nitrogens with zero attached hydrogens (tertiary/aromatic N) is 1. The van der Waals surface area contributed by atoms with Crippen LogP contribution in [0.3, 0.4) is 0 Å². The number of furan rings is 1. The summed E-state index contributed by atoms with van der Waals surface area (Å²) in [6.45, 7) is 0. The molecule has 0 aliphatic carbocycles. The summed E-state index contributed by atoms with van der Waals surface area (Å²) in [5.41, 5.74) is -4.38. The number of aromatic nitrogens is 1. The van der Waals surface area contributed by atoms with E-state index in [-0.39, 0.29) is 0 Å². The Kier molecular flexibility index (Phi) is 3.84. The van der Waals surface area contributed by atoms with E-state index < -0.39 is 21.4 Å². The van der Waals surface area contributed by atoms with Crippen LogP contribution in [0.1, 0.15) is 0 Å². The highest BCUT2D eigenvalue weighted by Gasteiger charge is 2.48. The summed E-state index contributed by atoms with van der Waals surface area (Å²) in [6.07, 6.45) is 2.99. The molecule has 2 aromatic carbocycles. The Balaban J connectivity index is 1.85. The summed E-state index contributed by atoms with van der Waals surface area (Å²) in [5.74, 6) is -0.00600. The van der Waals surface area contributed by atoms with Gasteiger partial charge in [-0.3, -0.25) is 4.98 Å². The van der Waals surface area contributed by atoms with E-state index in [9.17, 15) is 21.6 Å². The zero-order chi connectivity index (χ0) is 19.2. The highest BCUT2D eigenvalue weighted by molar-refractivity contribution is 7.88. The van der Waals surface area contributed by atoms with Crippen molar-refractivity contribution in [2.75, 3.05) is 0 Å². The highest BCUT2D eigenvalue weighted by Crippen LogP contribution is 2.35. The van der Waals surface area contributed by atoms with E-state index in [1.807, 2.05) is 18.2 Å². The van der Waals surface area contributed by atoms with Crippen LogP contribution in [0.15, 0.2) is 65.3 Å². The zero-order valence-electron chi connectivity index (χ0n) is 13.4. The molecule has 0 aliphatic heterocycles. The van der Waals surface area contributed by atoms with Gasteiger partial charge in [0.25, 0.3) is 0 Å². The fourth-order valence-corrected chi connectivity index (χ4v) is 3.13. The molecule has 0 fully saturated rings. The number of alkyl halides is 3. The van der Waals surface area contributed by atoms with Crippen molar-refractivity contribution in [2.24, 2.45) is 0 Å². The molecule has 0 saturated heterocycles. The third-order valence-corrected chi connectivity index (χ3v) is 4.89. The van der Waals surface area contributed by atoms with Crippen LogP contribution in [0.2, 0.25) is 0 Å². The predicted octanol–water partition coefficient (Wildman–Crippen LogP) is 4.88. The number of rotatable bonds is 3. The van der Waals surface area contributed by atoms with Crippen LogP contribution in [-0.4, -0.2) is 18.9 Å². The molecule has 4 rings (SSSR count). The van der Waals surface area contributed by atoms with Gasteiger partial charge in [-0.1, -0.05) is 18.2 Å². The second kappa shape index (κ2) is 5.98. The van der Waals surface area contributed by atoms with Gasteiger partial charge in [-0.25, -0.2) is 0 Å². The van der Waals surface area contributed by atoms with Crippen LogP contribution in [0, 0.1) is 0 Å². The van der Waals surface area contributed by atoms with E-state index in [4.69, 9.17) is 4.42 Å². The molecule has 0 aliphatic rings. The third-order valence-electron chi connectivity index (χ3n) is 3.91. The first kappa shape index (κ1) is 17.3. The first-order chi connectivity index (χ1) is 12.7. The number of para-hydroxylation sites is 1. The molecule has 0 spiro atoms. The van der Waals surface area contributed by atoms with Gasteiger partial charge in [-0.15, -0.1) is 0 Å². The van der Waals surface area contributed by atoms with Gasteiger partial charge in [-0.2, -0.15) is 21.6 Å². The summed E-state index contributed by atoms with van der Waals surface area (Å²) in [4.78, 5) is 4.10. The zero-order valence-corrected chi connectivity index (χ0v) is 14.2. The van der Waals surface area contributed by atoms with Crippen molar-refractivity contribution in [2.45, 2.75) is 5.51 Å². The molecule has 5 nitrogen and oxygen atoms in total. The van der Waals surface area contributed by atoms with Crippen molar-refractivity contribution >= 4 is 31.9 Å². The van der Waals surface area contributed by atoms with Crippen molar-refractivity contribution in [3.8, 4) is 17.1 Å². The van der Waals surface area contributed by atoms with Gasteiger partial charge in [0.1, 0.15) is 17.1 Å². The maximum Gasteiger partial charge on any atom is 0.534 e. The molecular formula is C18H10F3NO4S. The highest BCUT2D eigenvalue weighted by atomic mass is 32.2. The van der Waals surface area contributed by atoms with Gasteiger partial charge in [-0.05, 0) is 35.7 Å². The Hall–Kier alpha value is -3.07. The summed E-state index contributed by atoms with van der Waals surface area (Å²) in [7, 11) is -5.76. The second-order valence-corrected chi connectivity index (χ2v) is 7.24. The first-order valence-electron chi connectivity index (χ1n) is 7.62. The molecule has 9 heteroatoms. The quantitative estimate of drug-likeness (QED) is 0.367. The monoisotopic (exact) mass is 393 g/mol. The van der Waals surface area contributed by atoms with Crippen LogP contribution in [0.25, 0.3) is 33.1 Å². The van der Waals surface area contributed by atoms with Crippen LogP contribution < -0.4 is 4.18 Å². The van der Waals surface area contributed by atoms with Gasteiger partial charge >= 0.3 is 15.6 Å². The van der Waals surface area contributed by atoms with Crippen LogP contribution >= 0.6 is 0 Å². The maximum absolute atomic E-state index is 12.6.